The highest BCUT2D eigenvalue weighted by Gasteiger charge is 2.25. The highest BCUT2D eigenvalue weighted by atomic mass is 16.3. The summed E-state index contributed by atoms with van der Waals surface area (Å²) in [6, 6.07) is 6.52. The Bertz CT molecular complexity index is 395. The SMILES string of the molecule is CCCN(CC(=O)c1ccc(O)cc1)CC1CC1. The molecule has 0 aromatic heterocycles. The number of hydrogen-bond acceptors (Lipinski definition) is 3. The molecular formula is C15H21NO2. The van der Waals surface area contributed by atoms with E-state index in [1.807, 2.05) is 0 Å². The Hall–Kier alpha value is -1.35. The fourth-order valence-corrected chi connectivity index (χ4v) is 2.16. The summed E-state index contributed by atoms with van der Waals surface area (Å²) >= 11 is 0. The maximum atomic E-state index is 12.1. The van der Waals surface area contributed by atoms with Crippen molar-refractivity contribution in [3.63, 3.8) is 0 Å². The standard InChI is InChI=1S/C15H21NO2/c1-2-9-16(10-12-3-4-12)11-15(18)13-5-7-14(17)8-6-13/h5-8,12,17H,2-4,9-11H2,1H3. The Morgan fingerprint density at radius 1 is 1.33 bits per heavy atom. The third-order valence-electron chi connectivity index (χ3n) is 3.31. The van der Waals surface area contributed by atoms with Crippen LogP contribution in [0, 0.1) is 5.92 Å². The zero-order valence-corrected chi connectivity index (χ0v) is 10.9. The monoisotopic (exact) mass is 247 g/mol. The number of carbonyl (C=O) groups is 1. The molecule has 1 fully saturated rings. The lowest BCUT2D eigenvalue weighted by molar-refractivity contribution is 0.0927. The Kier molecular flexibility index (Phi) is 4.37. The van der Waals surface area contributed by atoms with Gasteiger partial charge in [0.1, 0.15) is 5.75 Å². The minimum atomic E-state index is 0.143. The summed E-state index contributed by atoms with van der Waals surface area (Å²) in [5.74, 6) is 1.16. The summed E-state index contributed by atoms with van der Waals surface area (Å²) < 4.78 is 0. The molecule has 1 aromatic rings. The Morgan fingerprint density at radius 2 is 2.00 bits per heavy atom. The van der Waals surface area contributed by atoms with E-state index in [0.29, 0.717) is 12.1 Å². The lowest BCUT2D eigenvalue weighted by atomic mass is 10.1. The molecule has 0 aliphatic heterocycles. The van der Waals surface area contributed by atoms with Crippen LogP contribution in [0.25, 0.3) is 0 Å². The number of rotatable bonds is 7. The van der Waals surface area contributed by atoms with E-state index in [9.17, 15) is 9.90 Å². The van der Waals surface area contributed by atoms with E-state index in [4.69, 9.17) is 0 Å². The van der Waals surface area contributed by atoms with Crippen molar-refractivity contribution in [2.45, 2.75) is 26.2 Å². The second kappa shape index (κ2) is 6.01. The Labute approximate surface area is 108 Å². The van der Waals surface area contributed by atoms with Gasteiger partial charge in [0.2, 0.25) is 0 Å². The molecule has 0 unspecified atom stereocenters. The number of aromatic hydroxyl groups is 1. The fourth-order valence-electron chi connectivity index (χ4n) is 2.16. The van der Waals surface area contributed by atoms with Crippen molar-refractivity contribution in [2.75, 3.05) is 19.6 Å². The van der Waals surface area contributed by atoms with Gasteiger partial charge < -0.3 is 5.11 Å². The minimum Gasteiger partial charge on any atom is -0.508 e. The first kappa shape index (κ1) is 13.1. The van der Waals surface area contributed by atoms with Crippen LogP contribution < -0.4 is 0 Å². The Balaban J connectivity index is 1.92. The largest absolute Gasteiger partial charge is 0.508 e. The number of carbonyl (C=O) groups excluding carboxylic acids is 1. The number of hydrogen-bond donors (Lipinski definition) is 1. The van der Waals surface area contributed by atoms with E-state index >= 15 is 0 Å². The van der Waals surface area contributed by atoms with Gasteiger partial charge in [-0.25, -0.2) is 0 Å². The van der Waals surface area contributed by atoms with E-state index in [-0.39, 0.29) is 11.5 Å². The Morgan fingerprint density at radius 3 is 2.56 bits per heavy atom. The first-order valence-corrected chi connectivity index (χ1v) is 6.73. The molecule has 1 N–H and O–H groups in total. The second-order valence-electron chi connectivity index (χ2n) is 5.15. The quantitative estimate of drug-likeness (QED) is 0.753. The van der Waals surface area contributed by atoms with Crippen molar-refractivity contribution in [1.82, 2.24) is 4.90 Å². The van der Waals surface area contributed by atoms with Gasteiger partial charge in [-0.2, -0.15) is 0 Å². The first-order chi connectivity index (χ1) is 8.69. The fraction of sp³-hybridized carbons (Fsp3) is 0.533. The molecule has 1 aromatic carbocycles. The topological polar surface area (TPSA) is 40.5 Å². The van der Waals surface area contributed by atoms with Crippen LogP contribution in [-0.4, -0.2) is 35.4 Å². The van der Waals surface area contributed by atoms with Gasteiger partial charge in [0.15, 0.2) is 5.78 Å². The average Bonchev–Trinajstić information content (AvgIpc) is 3.14. The molecule has 18 heavy (non-hydrogen) atoms. The zero-order valence-electron chi connectivity index (χ0n) is 10.9. The molecule has 2 rings (SSSR count). The third kappa shape index (κ3) is 3.84. The van der Waals surface area contributed by atoms with E-state index in [1.54, 1.807) is 24.3 Å². The van der Waals surface area contributed by atoms with Crippen LogP contribution in [0.5, 0.6) is 5.75 Å². The summed E-state index contributed by atoms with van der Waals surface area (Å²) in [4.78, 5) is 14.4. The van der Waals surface area contributed by atoms with Gasteiger partial charge in [-0.3, -0.25) is 9.69 Å². The lowest BCUT2D eigenvalue weighted by Gasteiger charge is -2.20. The molecular weight excluding hydrogens is 226 g/mol. The molecule has 3 nitrogen and oxygen atoms in total. The molecule has 0 saturated heterocycles. The maximum Gasteiger partial charge on any atom is 0.176 e. The number of benzene rings is 1. The van der Waals surface area contributed by atoms with Crippen LogP contribution in [0.4, 0.5) is 0 Å². The van der Waals surface area contributed by atoms with Gasteiger partial charge in [0.25, 0.3) is 0 Å². The van der Waals surface area contributed by atoms with Crippen molar-refractivity contribution in [3.05, 3.63) is 29.8 Å². The molecule has 1 aliphatic carbocycles. The molecule has 0 heterocycles. The smallest absolute Gasteiger partial charge is 0.176 e. The van der Waals surface area contributed by atoms with Crippen molar-refractivity contribution in [2.24, 2.45) is 5.92 Å². The summed E-state index contributed by atoms with van der Waals surface area (Å²) in [5, 5.41) is 9.21. The predicted octanol–water partition coefficient (Wildman–Crippen LogP) is 2.70. The van der Waals surface area contributed by atoms with E-state index < -0.39 is 0 Å². The van der Waals surface area contributed by atoms with Gasteiger partial charge in [-0.05, 0) is 56.0 Å². The summed E-state index contributed by atoms with van der Waals surface area (Å²) in [6.45, 7) is 4.68. The molecule has 0 spiro atoms. The van der Waals surface area contributed by atoms with Gasteiger partial charge in [-0.1, -0.05) is 6.92 Å². The molecule has 0 atom stereocenters. The van der Waals surface area contributed by atoms with E-state index in [0.717, 1.165) is 25.4 Å². The highest BCUT2D eigenvalue weighted by molar-refractivity contribution is 5.97. The first-order valence-electron chi connectivity index (χ1n) is 6.73. The minimum absolute atomic E-state index is 0.143. The number of phenolic OH excluding ortho intramolecular Hbond substituents is 1. The highest BCUT2D eigenvalue weighted by Crippen LogP contribution is 2.29. The maximum absolute atomic E-state index is 12.1. The van der Waals surface area contributed by atoms with Crippen LogP contribution >= 0.6 is 0 Å². The van der Waals surface area contributed by atoms with Gasteiger partial charge in [0.05, 0.1) is 6.54 Å². The molecule has 0 radical (unpaired) electrons. The number of Topliss-reactive ketones (excluding diaryl/α,β-unsaturated/α-hetero) is 1. The van der Waals surface area contributed by atoms with Crippen molar-refractivity contribution >= 4 is 5.78 Å². The zero-order chi connectivity index (χ0) is 13.0. The number of phenols is 1. The van der Waals surface area contributed by atoms with Crippen molar-refractivity contribution in [3.8, 4) is 5.75 Å². The van der Waals surface area contributed by atoms with Gasteiger partial charge in [0, 0.05) is 12.1 Å². The number of nitrogens with zero attached hydrogens (tertiary/aromatic N) is 1. The van der Waals surface area contributed by atoms with Gasteiger partial charge >= 0.3 is 0 Å². The van der Waals surface area contributed by atoms with E-state index in [2.05, 4.69) is 11.8 Å². The normalized spacial score (nSPS) is 15.0. The molecule has 98 valence electrons. The molecule has 0 bridgehead atoms. The van der Waals surface area contributed by atoms with Crippen molar-refractivity contribution in [1.29, 1.82) is 0 Å². The predicted molar refractivity (Wildman–Crippen MR) is 71.9 cm³/mol. The molecule has 3 heteroatoms. The van der Waals surface area contributed by atoms with Crippen LogP contribution in [0.2, 0.25) is 0 Å². The van der Waals surface area contributed by atoms with Gasteiger partial charge in [-0.15, -0.1) is 0 Å². The van der Waals surface area contributed by atoms with Crippen LogP contribution in [-0.2, 0) is 0 Å². The molecule has 0 amide bonds. The summed E-state index contributed by atoms with van der Waals surface area (Å²) in [5.41, 5.74) is 0.685. The summed E-state index contributed by atoms with van der Waals surface area (Å²) in [7, 11) is 0. The average molecular weight is 247 g/mol. The number of ketones is 1. The lowest BCUT2D eigenvalue weighted by Crippen LogP contribution is -2.32. The molecule has 1 aliphatic rings. The van der Waals surface area contributed by atoms with Crippen LogP contribution in [0.3, 0.4) is 0 Å². The molecule has 1 saturated carbocycles. The van der Waals surface area contributed by atoms with Crippen LogP contribution in [0.1, 0.15) is 36.5 Å². The summed E-state index contributed by atoms with van der Waals surface area (Å²) in [6.07, 6.45) is 3.71. The van der Waals surface area contributed by atoms with Crippen molar-refractivity contribution < 1.29 is 9.90 Å². The third-order valence-corrected chi connectivity index (χ3v) is 3.31. The van der Waals surface area contributed by atoms with E-state index in [1.165, 1.54) is 12.8 Å². The second-order valence-corrected chi connectivity index (χ2v) is 5.15. The van der Waals surface area contributed by atoms with Crippen LogP contribution in [0.15, 0.2) is 24.3 Å².